The number of rotatable bonds is 7. The molecule has 0 aromatic heterocycles. The minimum atomic E-state index is -3.37. The first-order chi connectivity index (χ1) is 8.55. The van der Waals surface area contributed by atoms with Gasteiger partial charge in [0.05, 0.1) is 4.90 Å². The molecule has 5 nitrogen and oxygen atoms in total. The van der Waals surface area contributed by atoms with E-state index in [0.29, 0.717) is 13.1 Å². The highest BCUT2D eigenvalue weighted by atomic mass is 32.2. The largest absolute Gasteiger partial charge is 0.371 e. The summed E-state index contributed by atoms with van der Waals surface area (Å²) >= 11 is 0. The zero-order valence-electron chi connectivity index (χ0n) is 10.9. The van der Waals surface area contributed by atoms with Gasteiger partial charge >= 0.3 is 0 Å². The van der Waals surface area contributed by atoms with E-state index in [2.05, 4.69) is 9.62 Å². The third-order valence-electron chi connectivity index (χ3n) is 2.63. The van der Waals surface area contributed by atoms with Crippen LogP contribution in [0.2, 0.25) is 0 Å². The van der Waals surface area contributed by atoms with Gasteiger partial charge in [-0.05, 0) is 31.2 Å². The molecule has 3 N–H and O–H groups in total. The van der Waals surface area contributed by atoms with Crippen LogP contribution in [-0.2, 0) is 10.0 Å². The van der Waals surface area contributed by atoms with Crippen molar-refractivity contribution < 1.29 is 8.42 Å². The minimum absolute atomic E-state index is 0.289. The topological polar surface area (TPSA) is 75.4 Å². The third kappa shape index (κ3) is 3.69. The molecular formula is C12H21N3O2S. The molecule has 0 unspecified atom stereocenters. The van der Waals surface area contributed by atoms with E-state index in [9.17, 15) is 8.42 Å². The molecule has 0 amide bonds. The second-order valence-corrected chi connectivity index (χ2v) is 5.63. The smallest absolute Gasteiger partial charge is 0.240 e. The standard InChI is InChI=1S/C12H21N3O2S/c1-3-14-18(16,17)12-7-5-11(6-8-12)15(4-2)10-9-13/h5-8,14H,3-4,9-10,13H2,1-2H3. The predicted molar refractivity (Wildman–Crippen MR) is 74.2 cm³/mol. The van der Waals surface area contributed by atoms with E-state index in [1.807, 2.05) is 19.1 Å². The molecule has 6 heteroatoms. The van der Waals surface area contributed by atoms with Crippen molar-refractivity contribution in [3.05, 3.63) is 24.3 Å². The Kier molecular flexibility index (Phi) is 5.58. The van der Waals surface area contributed by atoms with E-state index in [1.54, 1.807) is 19.1 Å². The summed E-state index contributed by atoms with van der Waals surface area (Å²) in [5, 5.41) is 0. The molecule has 0 atom stereocenters. The van der Waals surface area contributed by atoms with Crippen molar-refractivity contribution in [2.24, 2.45) is 5.73 Å². The summed E-state index contributed by atoms with van der Waals surface area (Å²) in [6.07, 6.45) is 0. The number of sulfonamides is 1. The highest BCUT2D eigenvalue weighted by molar-refractivity contribution is 7.89. The quantitative estimate of drug-likeness (QED) is 0.768. The van der Waals surface area contributed by atoms with Crippen LogP contribution in [0.25, 0.3) is 0 Å². The van der Waals surface area contributed by atoms with Gasteiger partial charge in [-0.1, -0.05) is 6.92 Å². The number of anilines is 1. The van der Waals surface area contributed by atoms with Gasteiger partial charge in [0, 0.05) is 31.9 Å². The van der Waals surface area contributed by atoms with E-state index >= 15 is 0 Å². The van der Waals surface area contributed by atoms with Crippen molar-refractivity contribution >= 4 is 15.7 Å². The van der Waals surface area contributed by atoms with Gasteiger partial charge in [-0.25, -0.2) is 13.1 Å². The Labute approximate surface area is 109 Å². The van der Waals surface area contributed by atoms with E-state index in [-0.39, 0.29) is 4.90 Å². The number of nitrogens with one attached hydrogen (secondary N) is 1. The number of hydrogen-bond acceptors (Lipinski definition) is 4. The fraction of sp³-hybridized carbons (Fsp3) is 0.500. The van der Waals surface area contributed by atoms with Crippen LogP contribution in [-0.4, -0.2) is 34.6 Å². The summed E-state index contributed by atoms with van der Waals surface area (Å²) in [4.78, 5) is 2.39. The average molecular weight is 271 g/mol. The molecule has 0 aliphatic heterocycles. The van der Waals surface area contributed by atoms with Gasteiger partial charge in [0.25, 0.3) is 0 Å². The van der Waals surface area contributed by atoms with Crippen molar-refractivity contribution in [3.8, 4) is 0 Å². The van der Waals surface area contributed by atoms with Crippen molar-refractivity contribution in [2.75, 3.05) is 31.1 Å². The molecule has 1 aromatic rings. The molecule has 0 bridgehead atoms. The van der Waals surface area contributed by atoms with E-state index in [4.69, 9.17) is 5.73 Å². The molecule has 102 valence electrons. The van der Waals surface area contributed by atoms with Crippen molar-refractivity contribution in [2.45, 2.75) is 18.7 Å². The zero-order valence-corrected chi connectivity index (χ0v) is 11.7. The van der Waals surface area contributed by atoms with Gasteiger partial charge < -0.3 is 10.6 Å². The lowest BCUT2D eigenvalue weighted by Gasteiger charge is -2.22. The maximum atomic E-state index is 11.8. The summed E-state index contributed by atoms with van der Waals surface area (Å²) in [6, 6.07) is 6.85. The highest BCUT2D eigenvalue weighted by Gasteiger charge is 2.12. The average Bonchev–Trinajstić information content (AvgIpc) is 2.36. The molecule has 0 saturated carbocycles. The second-order valence-electron chi connectivity index (χ2n) is 3.86. The number of likely N-dealkylation sites (N-methyl/N-ethyl adjacent to an activating group) is 1. The molecule has 0 fully saturated rings. The zero-order chi connectivity index (χ0) is 13.6. The van der Waals surface area contributed by atoms with E-state index in [0.717, 1.165) is 18.8 Å². The molecule has 0 radical (unpaired) electrons. The maximum Gasteiger partial charge on any atom is 0.240 e. The predicted octanol–water partition coefficient (Wildman–Crippen LogP) is 0.770. The van der Waals surface area contributed by atoms with Gasteiger partial charge in [0.2, 0.25) is 10.0 Å². The monoisotopic (exact) mass is 271 g/mol. The van der Waals surface area contributed by atoms with Crippen LogP contribution >= 0.6 is 0 Å². The van der Waals surface area contributed by atoms with Crippen LogP contribution in [0.15, 0.2) is 29.2 Å². The van der Waals surface area contributed by atoms with Crippen LogP contribution in [0.3, 0.4) is 0 Å². The Bertz CT molecular complexity index is 457. The van der Waals surface area contributed by atoms with Crippen LogP contribution < -0.4 is 15.4 Å². The van der Waals surface area contributed by atoms with Gasteiger partial charge in [-0.15, -0.1) is 0 Å². The number of benzene rings is 1. The van der Waals surface area contributed by atoms with E-state index < -0.39 is 10.0 Å². The third-order valence-corrected chi connectivity index (χ3v) is 4.19. The Hall–Kier alpha value is -1.11. The first-order valence-corrected chi connectivity index (χ1v) is 7.58. The summed E-state index contributed by atoms with van der Waals surface area (Å²) in [6.45, 7) is 6.36. The van der Waals surface area contributed by atoms with Gasteiger partial charge in [0.15, 0.2) is 0 Å². The van der Waals surface area contributed by atoms with Crippen molar-refractivity contribution in [1.29, 1.82) is 0 Å². The Morgan fingerprint density at radius 1 is 1.22 bits per heavy atom. The fourth-order valence-electron chi connectivity index (χ4n) is 1.74. The number of nitrogens with zero attached hydrogens (tertiary/aromatic N) is 1. The summed E-state index contributed by atoms with van der Waals surface area (Å²) in [5.74, 6) is 0. The molecular weight excluding hydrogens is 250 g/mol. The van der Waals surface area contributed by atoms with Gasteiger partial charge in [-0.2, -0.15) is 0 Å². The van der Waals surface area contributed by atoms with Crippen LogP contribution in [0.5, 0.6) is 0 Å². The first-order valence-electron chi connectivity index (χ1n) is 6.10. The molecule has 0 spiro atoms. The summed E-state index contributed by atoms with van der Waals surface area (Å²) in [7, 11) is -3.37. The molecule has 18 heavy (non-hydrogen) atoms. The molecule has 0 aliphatic rings. The van der Waals surface area contributed by atoms with Crippen LogP contribution in [0.4, 0.5) is 5.69 Å². The molecule has 0 heterocycles. The summed E-state index contributed by atoms with van der Waals surface area (Å²) < 4.78 is 26.0. The molecule has 1 aromatic carbocycles. The molecule has 0 saturated heterocycles. The second kappa shape index (κ2) is 6.72. The van der Waals surface area contributed by atoms with Gasteiger partial charge in [0.1, 0.15) is 0 Å². The normalized spacial score (nSPS) is 11.5. The minimum Gasteiger partial charge on any atom is -0.371 e. The maximum absolute atomic E-state index is 11.8. The van der Waals surface area contributed by atoms with E-state index in [1.165, 1.54) is 0 Å². The van der Waals surface area contributed by atoms with Crippen molar-refractivity contribution in [3.63, 3.8) is 0 Å². The lowest BCUT2D eigenvalue weighted by atomic mass is 10.3. The first kappa shape index (κ1) is 14.9. The Morgan fingerprint density at radius 2 is 1.83 bits per heavy atom. The van der Waals surface area contributed by atoms with Crippen LogP contribution in [0.1, 0.15) is 13.8 Å². The molecule has 1 rings (SSSR count). The molecule has 0 aliphatic carbocycles. The number of nitrogens with two attached hydrogens (primary N) is 1. The summed E-state index contributed by atoms with van der Waals surface area (Å²) in [5.41, 5.74) is 6.52. The number of hydrogen-bond donors (Lipinski definition) is 2. The van der Waals surface area contributed by atoms with Gasteiger partial charge in [-0.3, -0.25) is 0 Å². The lowest BCUT2D eigenvalue weighted by Crippen LogP contribution is -2.29. The SMILES string of the molecule is CCNS(=O)(=O)c1ccc(N(CC)CCN)cc1. The fourth-order valence-corrected chi connectivity index (χ4v) is 2.78. The highest BCUT2D eigenvalue weighted by Crippen LogP contribution is 2.17. The van der Waals surface area contributed by atoms with Crippen LogP contribution in [0, 0.1) is 0 Å². The van der Waals surface area contributed by atoms with Crippen molar-refractivity contribution in [1.82, 2.24) is 4.72 Å². The Morgan fingerprint density at radius 3 is 2.28 bits per heavy atom. The Balaban J connectivity index is 2.92. The lowest BCUT2D eigenvalue weighted by molar-refractivity contribution is 0.584.